The zero-order valence-electron chi connectivity index (χ0n) is 11.0. The Morgan fingerprint density at radius 1 is 1.26 bits per heavy atom. The summed E-state index contributed by atoms with van der Waals surface area (Å²) in [6.07, 6.45) is 0.843. The SMILES string of the molecule is Cc1cscc1CNC(=O)c1ccc(CCN)cc1. The van der Waals surface area contributed by atoms with E-state index in [1.807, 2.05) is 24.3 Å². The fourth-order valence-corrected chi connectivity index (χ4v) is 2.69. The summed E-state index contributed by atoms with van der Waals surface area (Å²) in [5.41, 5.74) is 9.75. The molecule has 0 spiro atoms. The summed E-state index contributed by atoms with van der Waals surface area (Å²) < 4.78 is 0. The Labute approximate surface area is 117 Å². The molecule has 0 aliphatic heterocycles. The van der Waals surface area contributed by atoms with Crippen LogP contribution in [0.5, 0.6) is 0 Å². The van der Waals surface area contributed by atoms with E-state index in [-0.39, 0.29) is 5.91 Å². The first-order chi connectivity index (χ1) is 9.20. The van der Waals surface area contributed by atoms with Gasteiger partial charge >= 0.3 is 0 Å². The third kappa shape index (κ3) is 3.66. The monoisotopic (exact) mass is 274 g/mol. The van der Waals surface area contributed by atoms with Crippen LogP contribution in [-0.2, 0) is 13.0 Å². The van der Waals surface area contributed by atoms with E-state index in [4.69, 9.17) is 5.73 Å². The fourth-order valence-electron chi connectivity index (χ4n) is 1.83. The van der Waals surface area contributed by atoms with Crippen LogP contribution in [0, 0.1) is 6.92 Å². The van der Waals surface area contributed by atoms with Crippen molar-refractivity contribution in [1.82, 2.24) is 5.32 Å². The lowest BCUT2D eigenvalue weighted by Gasteiger charge is -2.06. The quantitative estimate of drug-likeness (QED) is 0.880. The molecule has 4 heteroatoms. The summed E-state index contributed by atoms with van der Waals surface area (Å²) in [6, 6.07) is 7.61. The van der Waals surface area contributed by atoms with Gasteiger partial charge in [0, 0.05) is 12.1 Å². The molecule has 100 valence electrons. The van der Waals surface area contributed by atoms with Crippen LogP contribution in [0.25, 0.3) is 0 Å². The molecule has 1 aromatic heterocycles. The van der Waals surface area contributed by atoms with Crippen molar-refractivity contribution in [3.8, 4) is 0 Å². The maximum Gasteiger partial charge on any atom is 0.251 e. The standard InChI is InChI=1S/C15H18N2OS/c1-11-9-19-10-14(11)8-17-15(18)13-4-2-12(3-5-13)6-7-16/h2-5,9-10H,6-8,16H2,1H3,(H,17,18). The lowest BCUT2D eigenvalue weighted by atomic mass is 10.1. The molecule has 3 N–H and O–H groups in total. The van der Waals surface area contributed by atoms with E-state index in [1.54, 1.807) is 11.3 Å². The first kappa shape index (κ1) is 13.8. The summed E-state index contributed by atoms with van der Waals surface area (Å²) in [5.74, 6) is -0.0371. The molecule has 2 rings (SSSR count). The molecule has 0 fully saturated rings. The normalized spacial score (nSPS) is 10.4. The first-order valence-corrected chi connectivity index (χ1v) is 7.24. The third-order valence-corrected chi connectivity index (χ3v) is 3.96. The lowest BCUT2D eigenvalue weighted by Crippen LogP contribution is -2.22. The average molecular weight is 274 g/mol. The number of hydrogen-bond donors (Lipinski definition) is 2. The molecule has 0 saturated carbocycles. The Hall–Kier alpha value is -1.65. The molecule has 0 unspecified atom stereocenters. The summed E-state index contributed by atoms with van der Waals surface area (Å²) in [5, 5.41) is 7.09. The molecule has 0 radical (unpaired) electrons. The van der Waals surface area contributed by atoms with E-state index in [1.165, 1.54) is 11.1 Å². The molecule has 3 nitrogen and oxygen atoms in total. The Balaban J connectivity index is 1.94. The van der Waals surface area contributed by atoms with Crippen molar-refractivity contribution in [2.24, 2.45) is 5.73 Å². The average Bonchev–Trinajstić information content (AvgIpc) is 2.83. The van der Waals surface area contributed by atoms with Crippen LogP contribution in [0.3, 0.4) is 0 Å². The van der Waals surface area contributed by atoms with Gasteiger partial charge in [0.25, 0.3) is 5.91 Å². The van der Waals surface area contributed by atoms with Gasteiger partial charge in [-0.25, -0.2) is 0 Å². The maximum atomic E-state index is 12.0. The van der Waals surface area contributed by atoms with Crippen LogP contribution in [-0.4, -0.2) is 12.5 Å². The van der Waals surface area contributed by atoms with Gasteiger partial charge in [-0.05, 0) is 59.5 Å². The van der Waals surface area contributed by atoms with Gasteiger partial charge in [0.1, 0.15) is 0 Å². The zero-order valence-corrected chi connectivity index (χ0v) is 11.8. The van der Waals surface area contributed by atoms with Crippen molar-refractivity contribution in [3.63, 3.8) is 0 Å². The summed E-state index contributed by atoms with van der Waals surface area (Å²) in [7, 11) is 0. The molecule has 1 amide bonds. The van der Waals surface area contributed by atoms with E-state index in [0.717, 1.165) is 12.0 Å². The predicted octanol–water partition coefficient (Wildman–Crippen LogP) is 2.49. The molecule has 19 heavy (non-hydrogen) atoms. The largest absolute Gasteiger partial charge is 0.348 e. The Morgan fingerprint density at radius 2 is 2.00 bits per heavy atom. The number of thiophene rings is 1. The van der Waals surface area contributed by atoms with Crippen molar-refractivity contribution < 1.29 is 4.79 Å². The van der Waals surface area contributed by atoms with Crippen LogP contribution in [0.2, 0.25) is 0 Å². The van der Waals surface area contributed by atoms with E-state index < -0.39 is 0 Å². The fraction of sp³-hybridized carbons (Fsp3) is 0.267. The molecule has 2 aromatic rings. The van der Waals surface area contributed by atoms with Crippen LogP contribution in [0.15, 0.2) is 35.0 Å². The molecule has 0 saturated heterocycles. The zero-order chi connectivity index (χ0) is 13.7. The van der Waals surface area contributed by atoms with Crippen LogP contribution >= 0.6 is 11.3 Å². The highest BCUT2D eigenvalue weighted by Crippen LogP contribution is 2.13. The molecule has 1 heterocycles. The molecule has 0 bridgehead atoms. The van der Waals surface area contributed by atoms with Gasteiger partial charge in [0.15, 0.2) is 0 Å². The van der Waals surface area contributed by atoms with Crippen LogP contribution in [0.1, 0.15) is 27.0 Å². The number of rotatable bonds is 5. The van der Waals surface area contributed by atoms with Gasteiger partial charge in [-0.2, -0.15) is 11.3 Å². The van der Waals surface area contributed by atoms with Crippen molar-refractivity contribution in [2.45, 2.75) is 19.9 Å². The smallest absolute Gasteiger partial charge is 0.251 e. The minimum atomic E-state index is -0.0371. The molecular formula is C15H18N2OS. The Morgan fingerprint density at radius 3 is 2.58 bits per heavy atom. The van der Waals surface area contributed by atoms with Gasteiger partial charge in [0.05, 0.1) is 0 Å². The Bertz CT molecular complexity index is 546. The highest BCUT2D eigenvalue weighted by molar-refractivity contribution is 7.08. The molecule has 0 aliphatic rings. The van der Waals surface area contributed by atoms with Crippen molar-refractivity contribution in [3.05, 3.63) is 57.3 Å². The number of hydrogen-bond acceptors (Lipinski definition) is 3. The minimum Gasteiger partial charge on any atom is -0.348 e. The van der Waals surface area contributed by atoms with E-state index in [9.17, 15) is 4.79 Å². The van der Waals surface area contributed by atoms with Crippen molar-refractivity contribution in [1.29, 1.82) is 0 Å². The van der Waals surface area contributed by atoms with Gasteiger partial charge in [-0.3, -0.25) is 4.79 Å². The highest BCUT2D eigenvalue weighted by Gasteiger charge is 2.06. The van der Waals surface area contributed by atoms with Crippen molar-refractivity contribution >= 4 is 17.2 Å². The molecular weight excluding hydrogens is 256 g/mol. The number of carbonyl (C=O) groups excluding carboxylic acids is 1. The number of benzene rings is 1. The van der Waals surface area contributed by atoms with Gasteiger partial charge in [0.2, 0.25) is 0 Å². The second-order valence-electron chi connectivity index (χ2n) is 4.50. The number of carbonyl (C=O) groups is 1. The lowest BCUT2D eigenvalue weighted by molar-refractivity contribution is 0.0951. The number of nitrogens with one attached hydrogen (secondary N) is 1. The molecule has 1 aromatic carbocycles. The van der Waals surface area contributed by atoms with E-state index in [0.29, 0.717) is 18.7 Å². The van der Waals surface area contributed by atoms with E-state index >= 15 is 0 Å². The second-order valence-corrected chi connectivity index (χ2v) is 5.24. The summed E-state index contributed by atoms with van der Waals surface area (Å²) >= 11 is 1.66. The summed E-state index contributed by atoms with van der Waals surface area (Å²) in [6.45, 7) is 3.27. The second kappa shape index (κ2) is 6.50. The van der Waals surface area contributed by atoms with Gasteiger partial charge in [-0.15, -0.1) is 0 Å². The van der Waals surface area contributed by atoms with Crippen molar-refractivity contribution in [2.75, 3.05) is 6.54 Å². The third-order valence-electron chi connectivity index (χ3n) is 3.05. The Kier molecular flexibility index (Phi) is 4.71. The minimum absolute atomic E-state index is 0.0371. The molecule has 0 atom stereocenters. The summed E-state index contributed by atoms with van der Waals surface area (Å²) in [4.78, 5) is 12.0. The number of nitrogens with two attached hydrogens (primary N) is 1. The highest BCUT2D eigenvalue weighted by atomic mass is 32.1. The number of aryl methyl sites for hydroxylation is 1. The van der Waals surface area contributed by atoms with Gasteiger partial charge in [-0.1, -0.05) is 12.1 Å². The topological polar surface area (TPSA) is 55.1 Å². The molecule has 0 aliphatic carbocycles. The number of amides is 1. The van der Waals surface area contributed by atoms with Crippen LogP contribution < -0.4 is 11.1 Å². The van der Waals surface area contributed by atoms with Gasteiger partial charge < -0.3 is 11.1 Å². The predicted molar refractivity (Wildman–Crippen MR) is 79.4 cm³/mol. The van der Waals surface area contributed by atoms with E-state index in [2.05, 4.69) is 23.0 Å². The first-order valence-electron chi connectivity index (χ1n) is 6.29. The maximum absolute atomic E-state index is 12.0. The van der Waals surface area contributed by atoms with Crippen LogP contribution in [0.4, 0.5) is 0 Å².